The molecule has 0 atom stereocenters. The van der Waals surface area contributed by atoms with Gasteiger partial charge in [0.15, 0.2) is 0 Å². The Hall–Kier alpha value is -3.01. The Bertz CT molecular complexity index is 768. The zero-order chi connectivity index (χ0) is 16.6. The van der Waals surface area contributed by atoms with Gasteiger partial charge < -0.3 is 5.32 Å². The Balaban J connectivity index is 1.51. The van der Waals surface area contributed by atoms with Gasteiger partial charge in [-0.15, -0.1) is 5.10 Å². The number of aryl methyl sites for hydroxylation is 2. The van der Waals surface area contributed by atoms with Crippen LogP contribution in [0.5, 0.6) is 0 Å². The van der Waals surface area contributed by atoms with Gasteiger partial charge in [0.2, 0.25) is 0 Å². The molecule has 1 N–H and O–H groups in total. The number of hydrogen-bond acceptors (Lipinski definition) is 4. The van der Waals surface area contributed by atoms with Gasteiger partial charge in [-0.3, -0.25) is 4.79 Å². The van der Waals surface area contributed by atoms with Gasteiger partial charge in [-0.05, 0) is 36.1 Å². The Morgan fingerprint density at radius 2 is 1.58 bits per heavy atom. The monoisotopic (exact) mass is 317 g/mol. The molecule has 4 nitrogen and oxygen atoms in total. The molecule has 0 radical (unpaired) electrons. The van der Waals surface area contributed by atoms with E-state index in [4.69, 9.17) is 0 Å². The quantitative estimate of drug-likeness (QED) is 0.675. The van der Waals surface area contributed by atoms with Crippen LogP contribution in [0.3, 0.4) is 0 Å². The Kier molecular flexibility index (Phi) is 5.30. The summed E-state index contributed by atoms with van der Waals surface area (Å²) in [5.41, 5.74) is 4.06. The lowest BCUT2D eigenvalue weighted by Gasteiger charge is -2.06. The molecular weight excluding hydrogens is 298 g/mol. The molecule has 1 heterocycles. The van der Waals surface area contributed by atoms with E-state index >= 15 is 0 Å². The SMILES string of the molecule is O=Cc1ccc(CCc2ccc(NCc3ccccc3)nn2)cc1. The van der Waals surface area contributed by atoms with E-state index in [0.717, 1.165) is 37.2 Å². The van der Waals surface area contributed by atoms with Crippen LogP contribution >= 0.6 is 0 Å². The van der Waals surface area contributed by atoms with Gasteiger partial charge in [-0.1, -0.05) is 54.6 Å². The summed E-state index contributed by atoms with van der Waals surface area (Å²) >= 11 is 0. The molecule has 0 saturated heterocycles. The average molecular weight is 317 g/mol. The first kappa shape index (κ1) is 15.9. The molecule has 1 aromatic heterocycles. The number of benzene rings is 2. The summed E-state index contributed by atoms with van der Waals surface area (Å²) in [6.07, 6.45) is 2.56. The van der Waals surface area contributed by atoms with Crippen LogP contribution in [0.2, 0.25) is 0 Å². The third-order valence-corrected chi connectivity index (χ3v) is 3.82. The number of anilines is 1. The molecule has 0 fully saturated rings. The third-order valence-electron chi connectivity index (χ3n) is 3.82. The van der Waals surface area contributed by atoms with Crippen molar-refractivity contribution < 1.29 is 4.79 Å². The molecule has 0 amide bonds. The van der Waals surface area contributed by atoms with E-state index in [1.807, 2.05) is 54.6 Å². The van der Waals surface area contributed by atoms with Crippen molar-refractivity contribution in [2.45, 2.75) is 19.4 Å². The van der Waals surface area contributed by atoms with Crippen molar-refractivity contribution in [2.24, 2.45) is 0 Å². The van der Waals surface area contributed by atoms with Crippen molar-refractivity contribution in [3.63, 3.8) is 0 Å². The molecule has 0 saturated carbocycles. The molecule has 0 bridgehead atoms. The van der Waals surface area contributed by atoms with Gasteiger partial charge in [0.05, 0.1) is 5.69 Å². The fraction of sp³-hybridized carbons (Fsp3) is 0.150. The van der Waals surface area contributed by atoms with E-state index in [0.29, 0.717) is 5.56 Å². The molecule has 0 spiro atoms. The predicted octanol–water partition coefficient (Wildman–Crippen LogP) is 3.69. The minimum absolute atomic E-state index is 0.701. The smallest absolute Gasteiger partial charge is 0.150 e. The summed E-state index contributed by atoms with van der Waals surface area (Å²) in [5.74, 6) is 0.776. The predicted molar refractivity (Wildman–Crippen MR) is 95.0 cm³/mol. The maximum absolute atomic E-state index is 10.6. The minimum atomic E-state index is 0.701. The van der Waals surface area contributed by atoms with Gasteiger partial charge in [-0.2, -0.15) is 5.10 Å². The minimum Gasteiger partial charge on any atom is -0.365 e. The highest BCUT2D eigenvalue weighted by Gasteiger charge is 2.00. The van der Waals surface area contributed by atoms with Crippen LogP contribution in [-0.2, 0) is 19.4 Å². The number of hydrogen-bond donors (Lipinski definition) is 1. The number of nitrogens with one attached hydrogen (secondary N) is 1. The van der Waals surface area contributed by atoms with Crippen LogP contribution < -0.4 is 5.32 Å². The van der Waals surface area contributed by atoms with Crippen molar-refractivity contribution in [1.29, 1.82) is 0 Å². The van der Waals surface area contributed by atoms with Crippen LogP contribution in [0.1, 0.15) is 27.2 Å². The number of aromatic nitrogens is 2. The van der Waals surface area contributed by atoms with Crippen molar-refractivity contribution in [1.82, 2.24) is 10.2 Å². The summed E-state index contributed by atoms with van der Waals surface area (Å²) in [4.78, 5) is 10.6. The number of carbonyl (C=O) groups is 1. The first-order valence-corrected chi connectivity index (χ1v) is 7.98. The lowest BCUT2D eigenvalue weighted by molar-refractivity contribution is 0.112. The second-order valence-electron chi connectivity index (χ2n) is 5.61. The fourth-order valence-electron chi connectivity index (χ4n) is 2.41. The fourth-order valence-corrected chi connectivity index (χ4v) is 2.41. The van der Waals surface area contributed by atoms with E-state index in [1.165, 1.54) is 11.1 Å². The molecule has 4 heteroatoms. The molecule has 0 unspecified atom stereocenters. The van der Waals surface area contributed by atoms with Gasteiger partial charge in [0.1, 0.15) is 12.1 Å². The summed E-state index contributed by atoms with van der Waals surface area (Å²) in [7, 11) is 0. The van der Waals surface area contributed by atoms with Crippen molar-refractivity contribution >= 4 is 12.1 Å². The van der Waals surface area contributed by atoms with E-state index in [9.17, 15) is 4.79 Å². The van der Waals surface area contributed by atoms with Crippen molar-refractivity contribution in [3.05, 3.63) is 89.1 Å². The highest BCUT2D eigenvalue weighted by Crippen LogP contribution is 2.09. The Morgan fingerprint density at radius 3 is 2.25 bits per heavy atom. The Morgan fingerprint density at radius 1 is 0.792 bits per heavy atom. The molecule has 120 valence electrons. The maximum atomic E-state index is 10.6. The molecule has 0 aliphatic heterocycles. The summed E-state index contributed by atoms with van der Waals surface area (Å²) in [6, 6.07) is 21.8. The van der Waals surface area contributed by atoms with Crippen molar-refractivity contribution in [2.75, 3.05) is 5.32 Å². The normalized spacial score (nSPS) is 10.3. The number of rotatable bonds is 7. The highest BCUT2D eigenvalue weighted by atomic mass is 16.1. The van der Waals surface area contributed by atoms with Crippen LogP contribution in [-0.4, -0.2) is 16.5 Å². The van der Waals surface area contributed by atoms with Gasteiger partial charge >= 0.3 is 0 Å². The second-order valence-corrected chi connectivity index (χ2v) is 5.61. The van der Waals surface area contributed by atoms with E-state index in [-0.39, 0.29) is 0 Å². The van der Waals surface area contributed by atoms with Gasteiger partial charge in [0.25, 0.3) is 0 Å². The highest BCUT2D eigenvalue weighted by molar-refractivity contribution is 5.74. The zero-order valence-electron chi connectivity index (χ0n) is 13.4. The molecular formula is C20H19N3O. The van der Waals surface area contributed by atoms with Gasteiger partial charge in [0, 0.05) is 12.1 Å². The maximum Gasteiger partial charge on any atom is 0.150 e. The third kappa shape index (κ3) is 4.49. The lowest BCUT2D eigenvalue weighted by atomic mass is 10.1. The number of nitrogens with zero attached hydrogens (tertiary/aromatic N) is 2. The van der Waals surface area contributed by atoms with Crippen LogP contribution in [0.15, 0.2) is 66.7 Å². The van der Waals surface area contributed by atoms with Gasteiger partial charge in [-0.25, -0.2) is 0 Å². The zero-order valence-corrected chi connectivity index (χ0v) is 13.4. The number of carbonyl (C=O) groups excluding carboxylic acids is 1. The van der Waals surface area contributed by atoms with E-state index < -0.39 is 0 Å². The summed E-state index contributed by atoms with van der Waals surface area (Å²) < 4.78 is 0. The molecule has 3 rings (SSSR count). The largest absolute Gasteiger partial charge is 0.365 e. The lowest BCUT2D eigenvalue weighted by Crippen LogP contribution is -2.04. The summed E-state index contributed by atoms with van der Waals surface area (Å²) in [6.45, 7) is 0.734. The molecule has 0 aliphatic rings. The van der Waals surface area contributed by atoms with E-state index in [1.54, 1.807) is 0 Å². The first-order valence-electron chi connectivity index (χ1n) is 7.98. The molecule has 2 aromatic carbocycles. The standard InChI is InChI=1S/C20H19N3O/c24-15-18-8-6-16(7-9-18)10-11-19-12-13-20(23-22-19)21-14-17-4-2-1-3-5-17/h1-9,12-13,15H,10-11,14H2,(H,21,23). The van der Waals surface area contributed by atoms with E-state index in [2.05, 4.69) is 27.6 Å². The van der Waals surface area contributed by atoms with Crippen LogP contribution in [0, 0.1) is 0 Å². The topological polar surface area (TPSA) is 54.9 Å². The first-order chi connectivity index (χ1) is 11.8. The second kappa shape index (κ2) is 8.02. The summed E-state index contributed by atoms with van der Waals surface area (Å²) in [5, 5.41) is 11.8. The van der Waals surface area contributed by atoms with Crippen LogP contribution in [0.25, 0.3) is 0 Å². The van der Waals surface area contributed by atoms with Crippen molar-refractivity contribution in [3.8, 4) is 0 Å². The number of aldehydes is 1. The molecule has 0 aliphatic carbocycles. The average Bonchev–Trinajstić information content (AvgIpc) is 2.67. The molecule has 24 heavy (non-hydrogen) atoms. The van der Waals surface area contributed by atoms with Crippen LogP contribution in [0.4, 0.5) is 5.82 Å². The molecule has 3 aromatic rings. The Labute approximate surface area is 141 Å².